The molecule has 0 saturated carbocycles. The molecule has 0 unspecified atom stereocenters. The lowest BCUT2D eigenvalue weighted by molar-refractivity contribution is 0.0642. The van der Waals surface area contributed by atoms with E-state index in [1.807, 2.05) is 0 Å². The van der Waals surface area contributed by atoms with Crippen LogP contribution in [-0.4, -0.2) is 30.6 Å². The van der Waals surface area contributed by atoms with Crippen LogP contribution in [0.5, 0.6) is 0 Å². The maximum absolute atomic E-state index is 11.8. The number of hydrogen-bond acceptors (Lipinski definition) is 3. The minimum Gasteiger partial charge on any atom is -0.381 e. The number of carbonyl (C=O) groups is 1. The summed E-state index contributed by atoms with van der Waals surface area (Å²) in [6.45, 7) is 2.25. The number of carbonyl (C=O) groups excluding carboxylic acids is 1. The molecule has 1 aliphatic rings. The first-order valence-corrected chi connectivity index (χ1v) is 6.10. The third-order valence-electron chi connectivity index (χ3n) is 2.90. The lowest BCUT2D eigenvalue weighted by Gasteiger charge is -2.22. The summed E-state index contributed by atoms with van der Waals surface area (Å²) in [5, 5.41) is 3.33. The summed E-state index contributed by atoms with van der Waals surface area (Å²) in [4.78, 5) is 15.7. The maximum atomic E-state index is 11.8. The summed E-state index contributed by atoms with van der Waals surface area (Å²) in [5.41, 5.74) is 0.432. The molecule has 2 heterocycles. The Balaban J connectivity index is 1.87. The second-order valence-electron chi connectivity index (χ2n) is 4.12. The number of hydrogen-bond donors (Lipinski definition) is 1. The molecule has 0 spiro atoms. The van der Waals surface area contributed by atoms with E-state index in [2.05, 4.69) is 10.3 Å². The van der Waals surface area contributed by atoms with Crippen LogP contribution in [-0.2, 0) is 4.74 Å². The third kappa shape index (κ3) is 3.41. The molecule has 1 saturated heterocycles. The van der Waals surface area contributed by atoms with Crippen molar-refractivity contribution in [1.29, 1.82) is 0 Å². The predicted molar refractivity (Wildman–Crippen MR) is 65.1 cm³/mol. The maximum Gasteiger partial charge on any atom is 0.254 e. The highest BCUT2D eigenvalue weighted by molar-refractivity contribution is 6.33. The fourth-order valence-corrected chi connectivity index (χ4v) is 2.02. The molecule has 0 radical (unpaired) electrons. The molecule has 1 fully saturated rings. The molecule has 1 N–H and O–H groups in total. The molecule has 0 aromatic carbocycles. The van der Waals surface area contributed by atoms with Crippen LogP contribution in [0.1, 0.15) is 23.2 Å². The first-order chi connectivity index (χ1) is 8.27. The molecule has 0 aliphatic carbocycles. The highest BCUT2D eigenvalue weighted by atomic mass is 35.5. The number of nitrogens with one attached hydrogen (secondary N) is 1. The number of amides is 1. The van der Waals surface area contributed by atoms with E-state index in [4.69, 9.17) is 16.3 Å². The zero-order valence-electron chi connectivity index (χ0n) is 9.49. The van der Waals surface area contributed by atoms with Crippen molar-refractivity contribution in [3.63, 3.8) is 0 Å². The van der Waals surface area contributed by atoms with Gasteiger partial charge in [0, 0.05) is 32.2 Å². The van der Waals surface area contributed by atoms with Crippen LogP contribution >= 0.6 is 11.6 Å². The van der Waals surface area contributed by atoms with Gasteiger partial charge in [0.2, 0.25) is 0 Å². The summed E-state index contributed by atoms with van der Waals surface area (Å²) in [6.07, 6.45) is 5.06. The van der Waals surface area contributed by atoms with Gasteiger partial charge in [0.15, 0.2) is 0 Å². The van der Waals surface area contributed by atoms with E-state index in [0.717, 1.165) is 26.1 Å². The van der Waals surface area contributed by atoms with Gasteiger partial charge in [-0.05, 0) is 24.8 Å². The second-order valence-corrected chi connectivity index (χ2v) is 4.53. The SMILES string of the molecule is O=C(NCC1CCOCC1)c1cnccc1Cl. The Morgan fingerprint density at radius 3 is 3.00 bits per heavy atom. The quantitative estimate of drug-likeness (QED) is 0.896. The standard InChI is InChI=1S/C12H15ClN2O2/c13-11-1-4-14-8-10(11)12(16)15-7-9-2-5-17-6-3-9/h1,4,8-9H,2-3,5-7H2,(H,15,16). The Bertz CT molecular complexity index is 392. The molecule has 4 nitrogen and oxygen atoms in total. The van der Waals surface area contributed by atoms with Crippen molar-refractivity contribution in [3.8, 4) is 0 Å². The topological polar surface area (TPSA) is 51.2 Å². The number of aromatic nitrogens is 1. The Morgan fingerprint density at radius 2 is 2.29 bits per heavy atom. The van der Waals surface area contributed by atoms with E-state index >= 15 is 0 Å². The molecule has 17 heavy (non-hydrogen) atoms. The Morgan fingerprint density at radius 1 is 1.53 bits per heavy atom. The van der Waals surface area contributed by atoms with Crippen LogP contribution in [0.3, 0.4) is 0 Å². The molecule has 2 rings (SSSR count). The van der Waals surface area contributed by atoms with Crippen molar-refractivity contribution < 1.29 is 9.53 Å². The van der Waals surface area contributed by atoms with Crippen LogP contribution in [0.15, 0.2) is 18.5 Å². The van der Waals surface area contributed by atoms with Crippen molar-refractivity contribution in [3.05, 3.63) is 29.0 Å². The average Bonchev–Trinajstić information content (AvgIpc) is 2.38. The van der Waals surface area contributed by atoms with Crippen molar-refractivity contribution in [2.24, 2.45) is 5.92 Å². The van der Waals surface area contributed by atoms with Gasteiger partial charge in [-0.25, -0.2) is 0 Å². The lowest BCUT2D eigenvalue weighted by Crippen LogP contribution is -2.32. The molecule has 0 bridgehead atoms. The van der Waals surface area contributed by atoms with Crippen LogP contribution < -0.4 is 5.32 Å². The molecule has 1 amide bonds. The molecule has 1 aliphatic heterocycles. The van der Waals surface area contributed by atoms with Crippen LogP contribution in [0.2, 0.25) is 5.02 Å². The molecule has 1 aromatic rings. The highest BCUT2D eigenvalue weighted by Gasteiger charge is 2.16. The van der Waals surface area contributed by atoms with E-state index in [9.17, 15) is 4.79 Å². The molecule has 0 atom stereocenters. The predicted octanol–water partition coefficient (Wildman–Crippen LogP) is 1.89. The summed E-state index contributed by atoms with van der Waals surface area (Å²) >= 11 is 5.92. The van der Waals surface area contributed by atoms with Crippen LogP contribution in [0.4, 0.5) is 0 Å². The summed E-state index contributed by atoms with van der Waals surface area (Å²) in [5.74, 6) is 0.345. The zero-order chi connectivity index (χ0) is 12.1. The number of pyridine rings is 1. The van der Waals surface area contributed by atoms with E-state index in [-0.39, 0.29) is 5.91 Å². The largest absolute Gasteiger partial charge is 0.381 e. The van der Waals surface area contributed by atoms with Gasteiger partial charge in [-0.15, -0.1) is 0 Å². The molecule has 92 valence electrons. The fourth-order valence-electron chi connectivity index (χ4n) is 1.83. The monoisotopic (exact) mass is 254 g/mol. The second kappa shape index (κ2) is 5.98. The van der Waals surface area contributed by atoms with E-state index in [0.29, 0.717) is 23.0 Å². The summed E-state index contributed by atoms with van der Waals surface area (Å²) in [7, 11) is 0. The van der Waals surface area contributed by atoms with Gasteiger partial charge in [-0.2, -0.15) is 0 Å². The van der Waals surface area contributed by atoms with Crippen molar-refractivity contribution in [1.82, 2.24) is 10.3 Å². The average molecular weight is 255 g/mol. The van der Waals surface area contributed by atoms with Crippen molar-refractivity contribution in [2.75, 3.05) is 19.8 Å². The van der Waals surface area contributed by atoms with Gasteiger partial charge < -0.3 is 10.1 Å². The van der Waals surface area contributed by atoms with Gasteiger partial charge in [0.05, 0.1) is 10.6 Å². The van der Waals surface area contributed by atoms with E-state index in [1.54, 1.807) is 12.3 Å². The van der Waals surface area contributed by atoms with Gasteiger partial charge in [0.1, 0.15) is 0 Å². The molecule has 1 aromatic heterocycles. The Labute approximate surface area is 105 Å². The first-order valence-electron chi connectivity index (χ1n) is 5.73. The third-order valence-corrected chi connectivity index (χ3v) is 3.23. The number of nitrogens with zero attached hydrogens (tertiary/aromatic N) is 1. The highest BCUT2D eigenvalue weighted by Crippen LogP contribution is 2.15. The van der Waals surface area contributed by atoms with E-state index in [1.165, 1.54) is 6.20 Å². The van der Waals surface area contributed by atoms with Crippen LogP contribution in [0.25, 0.3) is 0 Å². The fraction of sp³-hybridized carbons (Fsp3) is 0.500. The lowest BCUT2D eigenvalue weighted by atomic mass is 10.0. The number of halogens is 1. The Hall–Kier alpha value is -1.13. The van der Waals surface area contributed by atoms with Gasteiger partial charge in [-0.1, -0.05) is 11.6 Å². The summed E-state index contributed by atoms with van der Waals surface area (Å²) < 4.78 is 5.27. The first kappa shape index (κ1) is 12.3. The molecular formula is C12H15ClN2O2. The molecular weight excluding hydrogens is 240 g/mol. The van der Waals surface area contributed by atoms with Gasteiger partial charge in [0.25, 0.3) is 5.91 Å². The molecule has 5 heteroatoms. The minimum absolute atomic E-state index is 0.158. The zero-order valence-corrected chi connectivity index (χ0v) is 10.2. The number of ether oxygens (including phenoxy) is 1. The number of rotatable bonds is 3. The van der Waals surface area contributed by atoms with Gasteiger partial charge >= 0.3 is 0 Å². The van der Waals surface area contributed by atoms with Crippen LogP contribution in [0, 0.1) is 5.92 Å². The van der Waals surface area contributed by atoms with Crippen molar-refractivity contribution in [2.45, 2.75) is 12.8 Å². The normalized spacial score (nSPS) is 16.8. The smallest absolute Gasteiger partial charge is 0.254 e. The minimum atomic E-state index is -0.158. The summed E-state index contributed by atoms with van der Waals surface area (Å²) in [6, 6.07) is 1.62. The Kier molecular flexibility index (Phi) is 4.34. The van der Waals surface area contributed by atoms with E-state index < -0.39 is 0 Å². The van der Waals surface area contributed by atoms with Gasteiger partial charge in [-0.3, -0.25) is 9.78 Å². The van der Waals surface area contributed by atoms with Crippen molar-refractivity contribution >= 4 is 17.5 Å².